The molecule has 0 radical (unpaired) electrons. The van der Waals surface area contributed by atoms with Gasteiger partial charge in [0, 0.05) is 20.0 Å². The first-order valence-corrected chi connectivity index (χ1v) is 5.49. The fraction of sp³-hybridized carbons (Fsp3) is 0.833. The molecular formula is C12H23NO3. The highest BCUT2D eigenvalue weighted by Crippen LogP contribution is 2.19. The van der Waals surface area contributed by atoms with E-state index in [1.54, 1.807) is 18.9 Å². The van der Waals surface area contributed by atoms with Gasteiger partial charge in [0.25, 0.3) is 0 Å². The zero-order chi connectivity index (χ0) is 12.9. The summed E-state index contributed by atoms with van der Waals surface area (Å²) in [7, 11) is 3.07. The Labute approximate surface area is 98.0 Å². The van der Waals surface area contributed by atoms with Crippen LogP contribution >= 0.6 is 0 Å². The number of carbonyl (C=O) groups is 2. The van der Waals surface area contributed by atoms with E-state index < -0.39 is 0 Å². The molecule has 1 amide bonds. The molecule has 0 aromatic heterocycles. The summed E-state index contributed by atoms with van der Waals surface area (Å²) < 4.78 is 4.62. The predicted molar refractivity (Wildman–Crippen MR) is 62.9 cm³/mol. The highest BCUT2D eigenvalue weighted by Gasteiger charge is 2.22. The van der Waals surface area contributed by atoms with Crippen LogP contribution in [0.15, 0.2) is 0 Å². The van der Waals surface area contributed by atoms with E-state index in [0.29, 0.717) is 13.0 Å². The van der Waals surface area contributed by atoms with Gasteiger partial charge in [-0.25, -0.2) is 0 Å². The van der Waals surface area contributed by atoms with Crippen LogP contribution < -0.4 is 0 Å². The number of rotatable bonds is 4. The van der Waals surface area contributed by atoms with Gasteiger partial charge in [-0.3, -0.25) is 9.59 Å². The van der Waals surface area contributed by atoms with Crippen LogP contribution in [0.4, 0.5) is 0 Å². The van der Waals surface area contributed by atoms with Crippen LogP contribution in [0.25, 0.3) is 0 Å². The van der Waals surface area contributed by atoms with E-state index in [2.05, 4.69) is 4.74 Å². The molecule has 0 aromatic rings. The van der Waals surface area contributed by atoms with Crippen molar-refractivity contribution in [3.05, 3.63) is 0 Å². The number of ether oxygens (including phenoxy) is 1. The first kappa shape index (κ1) is 14.9. The van der Waals surface area contributed by atoms with Crippen molar-refractivity contribution in [2.75, 3.05) is 20.7 Å². The van der Waals surface area contributed by atoms with E-state index in [-0.39, 0.29) is 23.2 Å². The molecule has 4 nitrogen and oxygen atoms in total. The van der Waals surface area contributed by atoms with Crippen molar-refractivity contribution in [3.63, 3.8) is 0 Å². The SMILES string of the molecule is COC(=O)C(C)CN(C)C(=O)CC(C)(C)C. The van der Waals surface area contributed by atoms with Gasteiger partial charge in [0.05, 0.1) is 13.0 Å². The number of hydrogen-bond donors (Lipinski definition) is 0. The van der Waals surface area contributed by atoms with Crippen molar-refractivity contribution in [3.8, 4) is 0 Å². The largest absolute Gasteiger partial charge is 0.469 e. The minimum absolute atomic E-state index is 0.0279. The van der Waals surface area contributed by atoms with Crippen molar-refractivity contribution < 1.29 is 14.3 Å². The summed E-state index contributed by atoms with van der Waals surface area (Å²) in [4.78, 5) is 24.6. The average Bonchev–Trinajstić information content (AvgIpc) is 2.13. The van der Waals surface area contributed by atoms with E-state index in [0.717, 1.165) is 0 Å². The van der Waals surface area contributed by atoms with Crippen molar-refractivity contribution in [2.24, 2.45) is 11.3 Å². The number of esters is 1. The Kier molecular flexibility index (Phi) is 5.48. The molecule has 94 valence electrons. The maximum atomic E-state index is 11.8. The Bertz CT molecular complexity index is 255. The van der Waals surface area contributed by atoms with Crippen LogP contribution in [0.2, 0.25) is 0 Å². The molecule has 1 atom stereocenters. The van der Waals surface area contributed by atoms with E-state index >= 15 is 0 Å². The van der Waals surface area contributed by atoms with Crippen molar-refractivity contribution in [1.82, 2.24) is 4.90 Å². The number of hydrogen-bond acceptors (Lipinski definition) is 3. The normalized spacial score (nSPS) is 13.1. The fourth-order valence-corrected chi connectivity index (χ4v) is 1.38. The van der Waals surface area contributed by atoms with Gasteiger partial charge in [-0.05, 0) is 5.41 Å². The van der Waals surface area contributed by atoms with Gasteiger partial charge in [-0.2, -0.15) is 0 Å². The third-order valence-electron chi connectivity index (χ3n) is 2.26. The Balaban J connectivity index is 4.21. The van der Waals surface area contributed by atoms with Gasteiger partial charge < -0.3 is 9.64 Å². The van der Waals surface area contributed by atoms with Gasteiger partial charge >= 0.3 is 5.97 Å². The summed E-state index contributed by atoms with van der Waals surface area (Å²) in [5, 5.41) is 0. The summed E-state index contributed by atoms with van der Waals surface area (Å²) in [5.41, 5.74) is -0.0279. The molecule has 1 unspecified atom stereocenters. The topological polar surface area (TPSA) is 46.6 Å². The second kappa shape index (κ2) is 5.87. The second-order valence-electron chi connectivity index (χ2n) is 5.44. The van der Waals surface area contributed by atoms with Crippen LogP contribution in [0.3, 0.4) is 0 Å². The Morgan fingerprint density at radius 2 is 1.81 bits per heavy atom. The third-order valence-corrected chi connectivity index (χ3v) is 2.26. The minimum atomic E-state index is -0.282. The molecule has 0 saturated carbocycles. The zero-order valence-electron chi connectivity index (χ0n) is 11.2. The lowest BCUT2D eigenvalue weighted by Crippen LogP contribution is -2.35. The monoisotopic (exact) mass is 229 g/mol. The first-order valence-electron chi connectivity index (χ1n) is 5.49. The van der Waals surface area contributed by atoms with Crippen LogP contribution in [0, 0.1) is 11.3 Å². The standard InChI is InChI=1S/C12H23NO3/c1-9(11(15)16-6)8-13(5)10(14)7-12(2,3)4/h9H,7-8H2,1-6H3. The average molecular weight is 229 g/mol. The number of nitrogens with zero attached hydrogens (tertiary/aromatic N) is 1. The predicted octanol–water partition coefficient (Wildman–Crippen LogP) is 1.69. The molecular weight excluding hydrogens is 206 g/mol. The molecule has 0 bridgehead atoms. The van der Waals surface area contributed by atoms with Crippen LogP contribution in [0.1, 0.15) is 34.1 Å². The number of carbonyl (C=O) groups excluding carboxylic acids is 2. The van der Waals surface area contributed by atoms with Crippen LogP contribution in [-0.4, -0.2) is 37.5 Å². The molecule has 4 heteroatoms. The van der Waals surface area contributed by atoms with Crippen molar-refractivity contribution in [1.29, 1.82) is 0 Å². The second-order valence-corrected chi connectivity index (χ2v) is 5.44. The van der Waals surface area contributed by atoms with Crippen LogP contribution in [-0.2, 0) is 14.3 Å². The Morgan fingerprint density at radius 3 is 2.19 bits per heavy atom. The van der Waals surface area contributed by atoms with Gasteiger partial charge in [0.2, 0.25) is 5.91 Å². The van der Waals surface area contributed by atoms with Gasteiger partial charge in [0.1, 0.15) is 0 Å². The van der Waals surface area contributed by atoms with Crippen LogP contribution in [0.5, 0.6) is 0 Å². The molecule has 0 saturated heterocycles. The molecule has 0 fully saturated rings. The molecule has 0 spiro atoms. The quantitative estimate of drug-likeness (QED) is 0.689. The van der Waals surface area contributed by atoms with E-state index in [9.17, 15) is 9.59 Å². The molecule has 0 aliphatic rings. The van der Waals surface area contributed by atoms with Crippen molar-refractivity contribution in [2.45, 2.75) is 34.1 Å². The van der Waals surface area contributed by atoms with E-state index in [1.807, 2.05) is 20.8 Å². The molecule has 0 rings (SSSR count). The fourth-order valence-electron chi connectivity index (χ4n) is 1.38. The molecule has 0 aliphatic carbocycles. The van der Waals surface area contributed by atoms with Gasteiger partial charge in [-0.15, -0.1) is 0 Å². The zero-order valence-corrected chi connectivity index (χ0v) is 11.2. The lowest BCUT2D eigenvalue weighted by Gasteiger charge is -2.24. The maximum absolute atomic E-state index is 11.8. The highest BCUT2D eigenvalue weighted by atomic mass is 16.5. The minimum Gasteiger partial charge on any atom is -0.469 e. The van der Waals surface area contributed by atoms with Crippen molar-refractivity contribution >= 4 is 11.9 Å². The smallest absolute Gasteiger partial charge is 0.310 e. The molecule has 0 aromatic carbocycles. The lowest BCUT2D eigenvalue weighted by atomic mass is 9.91. The Hall–Kier alpha value is -1.06. The van der Waals surface area contributed by atoms with Gasteiger partial charge in [0.15, 0.2) is 0 Å². The van der Waals surface area contributed by atoms with E-state index in [1.165, 1.54) is 7.11 Å². The number of amides is 1. The highest BCUT2D eigenvalue weighted by molar-refractivity contribution is 5.78. The molecule has 0 N–H and O–H groups in total. The summed E-state index contributed by atoms with van der Waals surface area (Å²) in [6.45, 7) is 8.21. The summed E-state index contributed by atoms with van der Waals surface area (Å²) in [5.74, 6) is -0.502. The lowest BCUT2D eigenvalue weighted by molar-refractivity contribution is -0.146. The summed E-state index contributed by atoms with van der Waals surface area (Å²) in [6.07, 6.45) is 0.484. The Morgan fingerprint density at radius 1 is 1.31 bits per heavy atom. The number of methoxy groups -OCH3 is 1. The molecule has 0 aliphatic heterocycles. The third kappa shape index (κ3) is 5.73. The first-order chi connectivity index (χ1) is 7.17. The van der Waals surface area contributed by atoms with E-state index in [4.69, 9.17) is 0 Å². The summed E-state index contributed by atoms with van der Waals surface area (Å²) in [6, 6.07) is 0. The summed E-state index contributed by atoms with van der Waals surface area (Å²) >= 11 is 0. The molecule has 16 heavy (non-hydrogen) atoms. The van der Waals surface area contributed by atoms with Gasteiger partial charge in [-0.1, -0.05) is 27.7 Å². The maximum Gasteiger partial charge on any atom is 0.310 e. The molecule has 0 heterocycles.